The lowest BCUT2D eigenvalue weighted by Crippen LogP contribution is -2.23. The molecule has 0 aliphatic heterocycles. The van der Waals surface area contributed by atoms with Crippen LogP contribution >= 0.6 is 0 Å². The lowest BCUT2D eigenvalue weighted by Gasteiger charge is -2.30. The summed E-state index contributed by atoms with van der Waals surface area (Å²) in [6, 6.07) is 4.59. The Morgan fingerprint density at radius 1 is 0.848 bits per heavy atom. The van der Waals surface area contributed by atoms with Crippen molar-refractivity contribution in [2.75, 3.05) is 0 Å². The second kappa shape index (κ2) is 6.57. The Hall–Kier alpha value is -4.37. The molecule has 5 rings (SSSR count). The fourth-order valence-electron chi connectivity index (χ4n) is 4.81. The van der Waals surface area contributed by atoms with Crippen LogP contribution in [0.3, 0.4) is 0 Å². The third-order valence-electron chi connectivity index (χ3n) is 6.19. The van der Waals surface area contributed by atoms with Gasteiger partial charge in [-0.25, -0.2) is 4.79 Å². The summed E-state index contributed by atoms with van der Waals surface area (Å²) >= 11 is 0. The van der Waals surface area contributed by atoms with Crippen LogP contribution in [0.25, 0.3) is 11.1 Å². The summed E-state index contributed by atoms with van der Waals surface area (Å²) < 4.78 is 0. The molecule has 0 fully saturated rings. The van der Waals surface area contributed by atoms with Gasteiger partial charge in [0.2, 0.25) is 0 Å². The molecule has 1 unspecified atom stereocenters. The Bertz CT molecular complexity index is 1470. The van der Waals surface area contributed by atoms with Gasteiger partial charge in [0, 0.05) is 34.7 Å². The number of carbonyl (C=O) groups excluding carboxylic acids is 2. The number of fused-ring (bicyclic) bond motifs is 5. The van der Waals surface area contributed by atoms with Crippen molar-refractivity contribution < 1.29 is 45.0 Å². The number of carbonyl (C=O) groups is 3. The highest BCUT2D eigenvalue weighted by Gasteiger charge is 2.40. The maximum Gasteiger partial charge on any atom is 0.339 e. The number of carboxylic acid groups (broad SMARTS) is 1. The number of ketones is 2. The molecule has 0 radical (unpaired) electrons. The first-order valence-corrected chi connectivity index (χ1v) is 9.85. The van der Waals surface area contributed by atoms with Crippen molar-refractivity contribution in [3.63, 3.8) is 0 Å². The number of aliphatic hydroxyl groups excluding tert-OH is 1. The molecule has 0 spiro atoms. The second-order valence-electron chi connectivity index (χ2n) is 8.13. The lowest BCUT2D eigenvalue weighted by molar-refractivity contribution is 0.0692. The van der Waals surface area contributed by atoms with E-state index in [9.17, 15) is 45.0 Å². The third kappa shape index (κ3) is 2.60. The monoisotopic (exact) mass is 448 g/mol. The molecule has 2 aliphatic rings. The van der Waals surface area contributed by atoms with Gasteiger partial charge in [-0.15, -0.1) is 0 Å². The topological polar surface area (TPSA) is 173 Å². The largest absolute Gasteiger partial charge is 0.508 e. The Labute approximate surface area is 185 Å². The number of aryl methyl sites for hydroxylation is 1. The minimum Gasteiger partial charge on any atom is -0.508 e. The molecule has 3 aromatic rings. The van der Waals surface area contributed by atoms with Crippen LogP contribution in [0.1, 0.15) is 65.0 Å². The summed E-state index contributed by atoms with van der Waals surface area (Å²) in [5.41, 5.74) is -1.31. The number of carboxylic acids is 1. The van der Waals surface area contributed by atoms with Crippen LogP contribution in [0, 0.1) is 6.92 Å². The quantitative estimate of drug-likeness (QED) is 0.256. The number of aromatic carboxylic acids is 1. The highest BCUT2D eigenvalue weighted by Crippen LogP contribution is 2.52. The van der Waals surface area contributed by atoms with Crippen LogP contribution in [0.5, 0.6) is 23.0 Å². The minimum absolute atomic E-state index is 0.0666. The number of hydrogen-bond acceptors (Lipinski definition) is 8. The maximum absolute atomic E-state index is 13.2. The molecule has 0 bridgehead atoms. The lowest BCUT2D eigenvalue weighted by atomic mass is 9.75. The van der Waals surface area contributed by atoms with Crippen LogP contribution in [-0.4, -0.2) is 48.2 Å². The number of hydrogen-bond donors (Lipinski definition) is 6. The number of aliphatic hydroxyl groups is 1. The Morgan fingerprint density at radius 3 is 2.15 bits per heavy atom. The normalized spacial score (nSPS) is 16.0. The van der Waals surface area contributed by atoms with Crippen LogP contribution in [0.4, 0.5) is 0 Å². The zero-order valence-corrected chi connectivity index (χ0v) is 17.0. The highest BCUT2D eigenvalue weighted by atomic mass is 16.4. The molecule has 0 aromatic heterocycles. The molecule has 3 aromatic carbocycles. The van der Waals surface area contributed by atoms with Crippen LogP contribution < -0.4 is 0 Å². The van der Waals surface area contributed by atoms with Crippen molar-refractivity contribution in [1.82, 2.24) is 0 Å². The fourth-order valence-corrected chi connectivity index (χ4v) is 4.81. The highest BCUT2D eigenvalue weighted by molar-refractivity contribution is 6.31. The molecule has 2 aliphatic carbocycles. The molecule has 0 saturated heterocycles. The Morgan fingerprint density at radius 2 is 1.48 bits per heavy atom. The average Bonchev–Trinajstić information content (AvgIpc) is 2.71. The molecule has 0 amide bonds. The van der Waals surface area contributed by atoms with Crippen molar-refractivity contribution in [3.8, 4) is 34.1 Å². The Balaban J connectivity index is 1.87. The van der Waals surface area contributed by atoms with Gasteiger partial charge < -0.3 is 30.6 Å². The fraction of sp³-hybridized carbons (Fsp3) is 0.125. The predicted octanol–water partition coefficient (Wildman–Crippen LogP) is 2.55. The zero-order chi connectivity index (χ0) is 23.9. The van der Waals surface area contributed by atoms with Crippen LogP contribution in [-0.2, 0) is 6.42 Å². The first-order chi connectivity index (χ1) is 15.5. The first kappa shape index (κ1) is 20.5. The van der Waals surface area contributed by atoms with Gasteiger partial charge in [0.15, 0.2) is 11.6 Å². The zero-order valence-electron chi connectivity index (χ0n) is 17.0. The standard InChI is InChI=1S/C24H16O9/c1-7-2-10-13(26)4-8-3-11-19(23(31)16(8)18(10)22(30)15(7)24(32)33)21(29)12-5-9(25)6-14(27)17(12)20(11)28/h2-3,5-6,13,25-27,30-31H,4H2,1H3,(H,32,33). The molecule has 0 saturated carbocycles. The van der Waals surface area contributed by atoms with Gasteiger partial charge in [-0.1, -0.05) is 6.07 Å². The van der Waals surface area contributed by atoms with Crippen molar-refractivity contribution >= 4 is 17.5 Å². The van der Waals surface area contributed by atoms with Crippen molar-refractivity contribution in [2.24, 2.45) is 0 Å². The van der Waals surface area contributed by atoms with Gasteiger partial charge in [0.05, 0.1) is 17.2 Å². The molecule has 33 heavy (non-hydrogen) atoms. The summed E-state index contributed by atoms with van der Waals surface area (Å²) in [6.45, 7) is 1.45. The minimum atomic E-state index is -1.42. The van der Waals surface area contributed by atoms with Crippen molar-refractivity contribution in [3.05, 3.63) is 68.8 Å². The van der Waals surface area contributed by atoms with Gasteiger partial charge in [-0.05, 0) is 35.7 Å². The number of aromatic hydroxyl groups is 4. The van der Waals surface area contributed by atoms with E-state index in [-0.39, 0.29) is 50.9 Å². The molecule has 166 valence electrons. The molecular formula is C24H16O9. The second-order valence-corrected chi connectivity index (χ2v) is 8.13. The number of rotatable bonds is 1. The van der Waals surface area contributed by atoms with Crippen LogP contribution in [0.15, 0.2) is 24.3 Å². The summed E-state index contributed by atoms with van der Waals surface area (Å²) in [4.78, 5) is 38.0. The van der Waals surface area contributed by atoms with E-state index in [2.05, 4.69) is 0 Å². The third-order valence-corrected chi connectivity index (χ3v) is 6.19. The van der Waals surface area contributed by atoms with E-state index in [0.717, 1.165) is 12.1 Å². The average molecular weight is 448 g/mol. The predicted molar refractivity (Wildman–Crippen MR) is 112 cm³/mol. The van der Waals surface area contributed by atoms with E-state index in [1.165, 1.54) is 19.1 Å². The van der Waals surface area contributed by atoms with E-state index >= 15 is 0 Å². The van der Waals surface area contributed by atoms with E-state index in [0.29, 0.717) is 0 Å². The number of phenolic OH excluding ortho intramolecular Hbond substituents is 3. The van der Waals surface area contributed by atoms with Gasteiger partial charge in [0.25, 0.3) is 0 Å². The van der Waals surface area contributed by atoms with E-state index < -0.39 is 57.8 Å². The molecule has 6 N–H and O–H groups in total. The Kier molecular flexibility index (Phi) is 4.08. The van der Waals surface area contributed by atoms with Crippen molar-refractivity contribution in [2.45, 2.75) is 19.4 Å². The molecular weight excluding hydrogens is 432 g/mol. The van der Waals surface area contributed by atoms with Gasteiger partial charge in [0.1, 0.15) is 28.6 Å². The summed E-state index contributed by atoms with van der Waals surface area (Å²) in [5, 5.41) is 62.1. The van der Waals surface area contributed by atoms with Crippen LogP contribution in [0.2, 0.25) is 0 Å². The molecule has 0 heterocycles. The number of phenols is 4. The summed E-state index contributed by atoms with van der Waals surface area (Å²) in [5.74, 6) is -5.44. The van der Waals surface area contributed by atoms with E-state index in [4.69, 9.17) is 0 Å². The SMILES string of the molecule is Cc1cc2c(c(O)c1C(=O)O)-c1c(cc3c(c1O)C(=O)c1cc(O)cc(O)c1C3=O)CC2O. The maximum atomic E-state index is 13.2. The first-order valence-electron chi connectivity index (χ1n) is 9.85. The van der Waals surface area contributed by atoms with Gasteiger partial charge in [-0.2, -0.15) is 0 Å². The summed E-state index contributed by atoms with van der Waals surface area (Å²) in [7, 11) is 0. The van der Waals surface area contributed by atoms with Gasteiger partial charge in [-0.3, -0.25) is 9.59 Å². The van der Waals surface area contributed by atoms with Gasteiger partial charge >= 0.3 is 5.97 Å². The van der Waals surface area contributed by atoms with Crippen molar-refractivity contribution in [1.29, 1.82) is 0 Å². The van der Waals surface area contributed by atoms with E-state index in [1.54, 1.807) is 0 Å². The summed E-state index contributed by atoms with van der Waals surface area (Å²) in [6.07, 6.45) is -1.26. The van der Waals surface area contributed by atoms with E-state index in [1.807, 2.05) is 0 Å². The molecule has 1 atom stereocenters. The molecule has 9 heteroatoms. The smallest absolute Gasteiger partial charge is 0.339 e. The molecule has 9 nitrogen and oxygen atoms in total. The number of benzene rings is 3.